The van der Waals surface area contributed by atoms with Crippen LogP contribution in [0.15, 0.2) is 0 Å². The second kappa shape index (κ2) is 6.03. The lowest BCUT2D eigenvalue weighted by Gasteiger charge is -2.29. The van der Waals surface area contributed by atoms with Crippen molar-refractivity contribution in [1.82, 2.24) is 9.97 Å². The maximum Gasteiger partial charge on any atom is 0.137 e. The first-order valence-corrected chi connectivity index (χ1v) is 6.62. The lowest BCUT2D eigenvalue weighted by atomic mass is 10.0. The maximum atomic E-state index is 4.58. The van der Waals surface area contributed by atoms with Crippen molar-refractivity contribution in [3.05, 3.63) is 11.4 Å². The Morgan fingerprint density at radius 1 is 1.17 bits per heavy atom. The summed E-state index contributed by atoms with van der Waals surface area (Å²) in [5, 5.41) is 3.13. The molecule has 0 aromatic carbocycles. The summed E-state index contributed by atoms with van der Waals surface area (Å²) >= 11 is 0. The largest absolute Gasteiger partial charge is 0.373 e. The van der Waals surface area contributed by atoms with Gasteiger partial charge in [0.2, 0.25) is 0 Å². The van der Waals surface area contributed by atoms with Crippen molar-refractivity contribution in [3.63, 3.8) is 0 Å². The Labute approximate surface area is 111 Å². The average Bonchev–Trinajstić information content (AvgIpc) is 2.29. The van der Waals surface area contributed by atoms with Gasteiger partial charge in [-0.1, -0.05) is 13.8 Å². The summed E-state index contributed by atoms with van der Waals surface area (Å²) in [7, 11) is 4.01. The molecular weight excluding hydrogens is 224 g/mol. The van der Waals surface area contributed by atoms with Crippen LogP contribution in [0.3, 0.4) is 0 Å². The number of aryl methyl sites for hydroxylation is 1. The van der Waals surface area contributed by atoms with Gasteiger partial charge < -0.3 is 10.2 Å². The van der Waals surface area contributed by atoms with E-state index in [0.29, 0.717) is 12.0 Å². The average molecular weight is 250 g/mol. The lowest BCUT2D eigenvalue weighted by Crippen LogP contribution is -2.31. The van der Waals surface area contributed by atoms with Crippen molar-refractivity contribution in [2.24, 2.45) is 5.92 Å². The maximum absolute atomic E-state index is 4.58. The number of anilines is 2. The van der Waals surface area contributed by atoms with E-state index >= 15 is 0 Å². The number of rotatable bonds is 5. The topological polar surface area (TPSA) is 41.1 Å². The van der Waals surface area contributed by atoms with E-state index in [-0.39, 0.29) is 0 Å². The van der Waals surface area contributed by atoms with Gasteiger partial charge in [-0.05, 0) is 33.1 Å². The van der Waals surface area contributed by atoms with Crippen LogP contribution in [0.2, 0.25) is 0 Å². The van der Waals surface area contributed by atoms with Gasteiger partial charge in [-0.25, -0.2) is 9.97 Å². The van der Waals surface area contributed by atoms with Crippen molar-refractivity contribution >= 4 is 11.6 Å². The van der Waals surface area contributed by atoms with Crippen molar-refractivity contribution in [2.75, 3.05) is 24.3 Å². The van der Waals surface area contributed by atoms with Gasteiger partial charge in [-0.2, -0.15) is 0 Å². The van der Waals surface area contributed by atoms with Gasteiger partial charge in [0.05, 0.1) is 0 Å². The van der Waals surface area contributed by atoms with Gasteiger partial charge in [0, 0.05) is 25.7 Å². The van der Waals surface area contributed by atoms with E-state index in [0.717, 1.165) is 29.4 Å². The molecule has 0 saturated heterocycles. The smallest absolute Gasteiger partial charge is 0.137 e. The molecule has 1 aromatic heterocycles. The predicted octanol–water partition coefficient (Wildman–Crippen LogP) is 3.01. The summed E-state index contributed by atoms with van der Waals surface area (Å²) in [5.41, 5.74) is 1.11. The summed E-state index contributed by atoms with van der Waals surface area (Å²) in [5.74, 6) is 3.44. The first-order valence-electron chi connectivity index (χ1n) is 6.62. The molecule has 0 aliphatic heterocycles. The molecule has 0 fully saturated rings. The zero-order valence-corrected chi connectivity index (χ0v) is 12.7. The van der Waals surface area contributed by atoms with E-state index in [4.69, 9.17) is 0 Å². The highest BCUT2D eigenvalue weighted by atomic mass is 15.2. The fourth-order valence-electron chi connectivity index (χ4n) is 2.25. The number of hydrogen-bond acceptors (Lipinski definition) is 4. The molecule has 0 radical (unpaired) electrons. The minimum Gasteiger partial charge on any atom is -0.373 e. The van der Waals surface area contributed by atoms with E-state index in [1.165, 1.54) is 0 Å². The Kier molecular flexibility index (Phi) is 4.93. The van der Waals surface area contributed by atoms with Gasteiger partial charge >= 0.3 is 0 Å². The summed E-state index contributed by atoms with van der Waals surface area (Å²) < 4.78 is 0. The Bertz CT molecular complexity index is 401. The van der Waals surface area contributed by atoms with Crippen LogP contribution in [0.5, 0.6) is 0 Å². The van der Waals surface area contributed by atoms with E-state index in [2.05, 4.69) is 54.9 Å². The zero-order chi connectivity index (χ0) is 13.9. The molecule has 0 saturated carbocycles. The summed E-state index contributed by atoms with van der Waals surface area (Å²) in [6.07, 6.45) is 1.16. The fraction of sp³-hybridized carbons (Fsp3) is 0.714. The van der Waals surface area contributed by atoms with Crippen LogP contribution in [0.25, 0.3) is 0 Å². The van der Waals surface area contributed by atoms with Crippen molar-refractivity contribution in [3.8, 4) is 0 Å². The number of hydrogen-bond donors (Lipinski definition) is 1. The number of aromatic nitrogens is 2. The molecule has 4 heteroatoms. The van der Waals surface area contributed by atoms with Gasteiger partial charge in [-0.15, -0.1) is 0 Å². The Hall–Kier alpha value is -1.32. The molecule has 1 N–H and O–H groups in total. The number of nitrogens with zero attached hydrogens (tertiary/aromatic N) is 3. The first kappa shape index (κ1) is 14.7. The lowest BCUT2D eigenvalue weighted by molar-refractivity contribution is 0.501. The minimum absolute atomic E-state index is 0.475. The van der Waals surface area contributed by atoms with E-state index in [9.17, 15) is 0 Å². The Balaban J connectivity index is 3.04. The molecule has 0 aliphatic carbocycles. The molecule has 18 heavy (non-hydrogen) atoms. The molecule has 0 spiro atoms. The van der Waals surface area contributed by atoms with E-state index < -0.39 is 0 Å². The molecule has 0 amide bonds. The molecule has 0 bridgehead atoms. The summed E-state index contributed by atoms with van der Waals surface area (Å²) in [4.78, 5) is 11.2. The molecule has 1 unspecified atom stereocenters. The summed E-state index contributed by atoms with van der Waals surface area (Å²) in [6, 6.07) is 0.475. The van der Waals surface area contributed by atoms with Crippen LogP contribution in [-0.2, 0) is 0 Å². The molecular formula is C14H26N4. The Morgan fingerprint density at radius 3 is 2.28 bits per heavy atom. The molecule has 1 aromatic rings. The third-order valence-electron chi connectivity index (χ3n) is 3.28. The first-order chi connectivity index (χ1) is 8.36. The third kappa shape index (κ3) is 3.34. The quantitative estimate of drug-likeness (QED) is 0.872. The van der Waals surface area contributed by atoms with Gasteiger partial charge in [0.15, 0.2) is 0 Å². The van der Waals surface area contributed by atoms with Crippen LogP contribution in [0.4, 0.5) is 11.6 Å². The van der Waals surface area contributed by atoms with Crippen LogP contribution in [0, 0.1) is 19.8 Å². The molecule has 4 nitrogen and oxygen atoms in total. The van der Waals surface area contributed by atoms with Crippen LogP contribution in [-0.4, -0.2) is 30.1 Å². The van der Waals surface area contributed by atoms with Gasteiger partial charge in [0.1, 0.15) is 17.5 Å². The molecule has 102 valence electrons. The van der Waals surface area contributed by atoms with Crippen LogP contribution < -0.4 is 10.2 Å². The Morgan fingerprint density at radius 2 is 1.78 bits per heavy atom. The second-order valence-corrected chi connectivity index (χ2v) is 5.41. The fourth-order valence-corrected chi connectivity index (χ4v) is 2.25. The standard InChI is InChI=1S/C14H26N4/c1-9(2)8-10(3)18(7)14-11(4)13(15-6)16-12(5)17-14/h9-10H,8H2,1-7H3,(H,15,16,17). The molecule has 1 rings (SSSR count). The third-order valence-corrected chi connectivity index (χ3v) is 3.28. The molecule has 1 atom stereocenters. The normalized spacial score (nSPS) is 12.7. The summed E-state index contributed by atoms with van der Waals surface area (Å²) in [6.45, 7) is 10.8. The highest BCUT2D eigenvalue weighted by Crippen LogP contribution is 2.25. The highest BCUT2D eigenvalue weighted by molar-refractivity contribution is 5.58. The molecule has 0 aliphatic rings. The van der Waals surface area contributed by atoms with Gasteiger partial charge in [-0.3, -0.25) is 0 Å². The molecule has 1 heterocycles. The van der Waals surface area contributed by atoms with Crippen LogP contribution >= 0.6 is 0 Å². The monoisotopic (exact) mass is 250 g/mol. The van der Waals surface area contributed by atoms with Crippen LogP contribution in [0.1, 0.15) is 38.6 Å². The number of nitrogens with one attached hydrogen (secondary N) is 1. The van der Waals surface area contributed by atoms with Crippen molar-refractivity contribution in [2.45, 2.75) is 47.1 Å². The van der Waals surface area contributed by atoms with E-state index in [1.807, 2.05) is 14.0 Å². The van der Waals surface area contributed by atoms with E-state index in [1.54, 1.807) is 0 Å². The van der Waals surface area contributed by atoms with Crippen molar-refractivity contribution in [1.29, 1.82) is 0 Å². The second-order valence-electron chi connectivity index (χ2n) is 5.41. The van der Waals surface area contributed by atoms with Gasteiger partial charge in [0.25, 0.3) is 0 Å². The minimum atomic E-state index is 0.475. The predicted molar refractivity (Wildman–Crippen MR) is 78.4 cm³/mol. The van der Waals surface area contributed by atoms with Crippen molar-refractivity contribution < 1.29 is 0 Å². The SMILES string of the molecule is CNc1nc(C)nc(N(C)C(C)CC(C)C)c1C. The zero-order valence-electron chi connectivity index (χ0n) is 12.7. The highest BCUT2D eigenvalue weighted by Gasteiger charge is 2.17.